The first-order valence-corrected chi connectivity index (χ1v) is 12.0. The van der Waals surface area contributed by atoms with Crippen LogP contribution < -0.4 is 10.1 Å². The number of nitrogens with zero attached hydrogens (tertiary/aromatic N) is 2. The summed E-state index contributed by atoms with van der Waals surface area (Å²) in [5.41, 5.74) is 1.34. The molecule has 2 aromatic carbocycles. The number of ether oxygens (including phenoxy) is 2. The molecule has 3 rings (SSSR count). The summed E-state index contributed by atoms with van der Waals surface area (Å²) in [4.78, 5) is 42.2. The minimum absolute atomic E-state index is 0.00333. The van der Waals surface area contributed by atoms with Crippen molar-refractivity contribution in [2.24, 2.45) is 5.92 Å². The Balaban J connectivity index is 1.94. The largest absolute Gasteiger partial charge is 0.491 e. The molecule has 188 valence electrons. The van der Waals surface area contributed by atoms with Crippen LogP contribution in [0.4, 0.5) is 5.69 Å². The predicted octanol–water partition coefficient (Wildman–Crippen LogP) is 3.68. The summed E-state index contributed by atoms with van der Waals surface area (Å²) < 4.78 is 11.8. The molecule has 0 radical (unpaired) electrons. The average Bonchev–Trinajstić information content (AvgIpc) is 2.88. The highest BCUT2D eigenvalue weighted by atomic mass is 16.5. The maximum atomic E-state index is 13.4. The highest BCUT2D eigenvalue weighted by molar-refractivity contribution is 6.05. The minimum atomic E-state index is -0.268. The Morgan fingerprint density at radius 3 is 2.49 bits per heavy atom. The number of hydrogen-bond acceptors (Lipinski definition) is 5. The molecular weight excluding hydrogens is 446 g/mol. The van der Waals surface area contributed by atoms with Crippen LogP contribution in [-0.2, 0) is 9.53 Å². The fourth-order valence-electron chi connectivity index (χ4n) is 4.20. The molecule has 0 fully saturated rings. The Kier molecular flexibility index (Phi) is 8.87. The Bertz CT molecular complexity index is 1040. The number of benzene rings is 2. The van der Waals surface area contributed by atoms with Gasteiger partial charge in [0, 0.05) is 50.8 Å². The van der Waals surface area contributed by atoms with Crippen molar-refractivity contribution in [2.75, 3.05) is 39.2 Å². The van der Waals surface area contributed by atoms with Gasteiger partial charge in [-0.05, 0) is 37.3 Å². The van der Waals surface area contributed by atoms with Gasteiger partial charge >= 0.3 is 0 Å². The fourth-order valence-corrected chi connectivity index (χ4v) is 4.20. The van der Waals surface area contributed by atoms with Crippen molar-refractivity contribution in [3.8, 4) is 5.75 Å². The van der Waals surface area contributed by atoms with Crippen LogP contribution in [0.5, 0.6) is 5.75 Å². The van der Waals surface area contributed by atoms with E-state index in [0.29, 0.717) is 42.1 Å². The van der Waals surface area contributed by atoms with Crippen molar-refractivity contribution >= 4 is 23.4 Å². The van der Waals surface area contributed by atoms with E-state index in [0.717, 1.165) is 0 Å². The molecule has 0 aliphatic carbocycles. The molecule has 2 aromatic rings. The number of nitrogens with one attached hydrogen (secondary N) is 1. The van der Waals surface area contributed by atoms with Crippen LogP contribution in [0.3, 0.4) is 0 Å². The maximum absolute atomic E-state index is 13.4. The average molecular weight is 482 g/mol. The standard InChI is InChI=1S/C27H35N3O5/c1-6-25(31)30-15-18(2)24(34-5)16-29(4)27(33)22-14-21(12-13-23(22)35-17-19(30)3)28-26(32)20-10-8-7-9-11-20/h7-14,18-19,24H,6,15-17H2,1-5H3,(H,28,32)/t18-,19+,24-/m0/s1. The van der Waals surface area contributed by atoms with Gasteiger partial charge in [0.1, 0.15) is 12.4 Å². The van der Waals surface area contributed by atoms with Crippen LogP contribution >= 0.6 is 0 Å². The molecule has 3 atom stereocenters. The number of hydrogen-bond donors (Lipinski definition) is 1. The van der Waals surface area contributed by atoms with Crippen molar-refractivity contribution in [1.29, 1.82) is 0 Å². The molecule has 0 saturated heterocycles. The highest BCUT2D eigenvalue weighted by Crippen LogP contribution is 2.27. The van der Waals surface area contributed by atoms with Gasteiger partial charge in [0.2, 0.25) is 5.91 Å². The Morgan fingerprint density at radius 2 is 1.83 bits per heavy atom. The van der Waals surface area contributed by atoms with Gasteiger partial charge < -0.3 is 24.6 Å². The van der Waals surface area contributed by atoms with Crippen molar-refractivity contribution in [1.82, 2.24) is 9.80 Å². The molecule has 1 aliphatic rings. The quantitative estimate of drug-likeness (QED) is 0.720. The van der Waals surface area contributed by atoms with Crippen molar-refractivity contribution in [3.63, 3.8) is 0 Å². The molecule has 0 saturated carbocycles. The predicted molar refractivity (Wildman–Crippen MR) is 135 cm³/mol. The molecular formula is C27H35N3O5. The first-order valence-electron chi connectivity index (χ1n) is 12.0. The Morgan fingerprint density at radius 1 is 1.11 bits per heavy atom. The summed E-state index contributed by atoms with van der Waals surface area (Å²) >= 11 is 0. The summed E-state index contributed by atoms with van der Waals surface area (Å²) in [6.07, 6.45) is 0.141. The lowest BCUT2D eigenvalue weighted by Gasteiger charge is -2.36. The third-order valence-corrected chi connectivity index (χ3v) is 6.36. The first kappa shape index (κ1) is 26.2. The second-order valence-electron chi connectivity index (χ2n) is 9.03. The lowest BCUT2D eigenvalue weighted by Crippen LogP contribution is -2.48. The number of carbonyl (C=O) groups excluding carboxylic acids is 3. The van der Waals surface area contributed by atoms with Crippen LogP contribution in [0, 0.1) is 5.92 Å². The molecule has 0 unspecified atom stereocenters. The topological polar surface area (TPSA) is 88.2 Å². The summed E-state index contributed by atoms with van der Waals surface area (Å²) in [7, 11) is 3.33. The van der Waals surface area contributed by atoms with Crippen LogP contribution in [0.25, 0.3) is 0 Å². The molecule has 1 N–H and O–H groups in total. The number of methoxy groups -OCH3 is 1. The van der Waals surface area contributed by atoms with Crippen molar-refractivity contribution in [2.45, 2.75) is 39.3 Å². The van der Waals surface area contributed by atoms with E-state index in [1.165, 1.54) is 0 Å². The van der Waals surface area contributed by atoms with Gasteiger partial charge in [-0.15, -0.1) is 0 Å². The van der Waals surface area contributed by atoms with E-state index in [1.807, 2.05) is 31.7 Å². The number of fused-ring (bicyclic) bond motifs is 1. The summed E-state index contributed by atoms with van der Waals surface area (Å²) in [6, 6.07) is 13.7. The lowest BCUT2D eigenvalue weighted by molar-refractivity contribution is -0.135. The zero-order valence-electron chi connectivity index (χ0n) is 21.1. The SMILES string of the molecule is CCC(=O)N1C[C@H](C)[C@@H](OC)CN(C)C(=O)c2cc(NC(=O)c3ccccc3)ccc2OC[C@H]1C. The van der Waals surface area contributed by atoms with Gasteiger partial charge in [0.05, 0.1) is 17.7 Å². The third-order valence-electron chi connectivity index (χ3n) is 6.36. The van der Waals surface area contributed by atoms with E-state index in [4.69, 9.17) is 9.47 Å². The fraction of sp³-hybridized carbons (Fsp3) is 0.444. The van der Waals surface area contributed by atoms with Gasteiger partial charge in [-0.25, -0.2) is 0 Å². The van der Waals surface area contributed by atoms with Crippen LogP contribution in [-0.4, -0.2) is 73.5 Å². The van der Waals surface area contributed by atoms with E-state index in [2.05, 4.69) is 5.32 Å². The molecule has 1 aliphatic heterocycles. The molecule has 0 aromatic heterocycles. The molecule has 8 nitrogen and oxygen atoms in total. The van der Waals surface area contributed by atoms with Crippen LogP contribution in [0.1, 0.15) is 47.9 Å². The molecule has 8 heteroatoms. The van der Waals surface area contributed by atoms with E-state index in [-0.39, 0.29) is 42.4 Å². The van der Waals surface area contributed by atoms with Gasteiger partial charge in [0.25, 0.3) is 11.8 Å². The molecule has 0 spiro atoms. The van der Waals surface area contributed by atoms with Crippen molar-refractivity contribution in [3.05, 3.63) is 59.7 Å². The van der Waals surface area contributed by atoms with Crippen molar-refractivity contribution < 1.29 is 23.9 Å². The van der Waals surface area contributed by atoms with E-state index >= 15 is 0 Å². The van der Waals surface area contributed by atoms with Gasteiger partial charge in [-0.3, -0.25) is 14.4 Å². The van der Waals surface area contributed by atoms with Gasteiger partial charge in [-0.2, -0.15) is 0 Å². The van der Waals surface area contributed by atoms with E-state index < -0.39 is 0 Å². The van der Waals surface area contributed by atoms with Crippen LogP contribution in [0.2, 0.25) is 0 Å². The number of rotatable bonds is 4. The second-order valence-corrected chi connectivity index (χ2v) is 9.03. The van der Waals surface area contributed by atoms with Gasteiger partial charge in [0.15, 0.2) is 0 Å². The normalized spacial score (nSPS) is 21.3. The summed E-state index contributed by atoms with van der Waals surface area (Å²) in [6.45, 7) is 6.89. The van der Waals surface area contributed by atoms with Crippen LogP contribution in [0.15, 0.2) is 48.5 Å². The molecule has 1 heterocycles. The smallest absolute Gasteiger partial charge is 0.257 e. The number of amides is 3. The van der Waals surface area contributed by atoms with E-state index in [9.17, 15) is 14.4 Å². The van der Waals surface area contributed by atoms with E-state index in [1.54, 1.807) is 61.5 Å². The molecule has 35 heavy (non-hydrogen) atoms. The third kappa shape index (κ3) is 6.39. The monoisotopic (exact) mass is 481 g/mol. The maximum Gasteiger partial charge on any atom is 0.257 e. The zero-order valence-corrected chi connectivity index (χ0v) is 21.1. The zero-order chi connectivity index (χ0) is 25.5. The highest BCUT2D eigenvalue weighted by Gasteiger charge is 2.30. The molecule has 0 bridgehead atoms. The summed E-state index contributed by atoms with van der Waals surface area (Å²) in [5, 5.41) is 2.85. The summed E-state index contributed by atoms with van der Waals surface area (Å²) in [5.74, 6) is -0.0548. The number of anilines is 1. The lowest BCUT2D eigenvalue weighted by atomic mass is 10.0. The Hall–Kier alpha value is -3.39. The second kappa shape index (κ2) is 11.8. The number of likely N-dealkylation sites (N-methyl/N-ethyl adjacent to an activating group) is 1. The van der Waals surface area contributed by atoms with Gasteiger partial charge in [-0.1, -0.05) is 32.0 Å². The number of carbonyl (C=O) groups is 3. The Labute approximate surface area is 207 Å². The first-order chi connectivity index (χ1) is 16.7. The molecule has 3 amide bonds. The minimum Gasteiger partial charge on any atom is -0.491 e.